The van der Waals surface area contributed by atoms with E-state index in [1.807, 2.05) is 0 Å². The summed E-state index contributed by atoms with van der Waals surface area (Å²) in [6.07, 6.45) is 4.72. The fourth-order valence-corrected chi connectivity index (χ4v) is 18.2. The first-order valence-corrected chi connectivity index (χ1v) is 37.0. The highest BCUT2D eigenvalue weighted by Crippen LogP contribution is 2.52. The zero-order chi connectivity index (χ0) is 69.6. The van der Waals surface area contributed by atoms with Gasteiger partial charge in [0.15, 0.2) is 0 Å². The van der Waals surface area contributed by atoms with Gasteiger partial charge in [-0.1, -0.05) is 267 Å². The van der Waals surface area contributed by atoms with Crippen molar-refractivity contribution in [1.82, 2.24) is 9.13 Å². The number of fused-ring (bicyclic) bond motifs is 12. The summed E-state index contributed by atoms with van der Waals surface area (Å²) in [6, 6.07) is 97.1. The lowest BCUT2D eigenvalue weighted by Crippen LogP contribution is -2.61. The Morgan fingerprint density at radius 2 is 0.634 bits per heavy atom. The lowest BCUT2D eigenvalue weighted by molar-refractivity contribution is 0.332. The molecule has 0 N–H and O–H groups in total. The molecule has 0 saturated carbocycles. The van der Waals surface area contributed by atoms with Crippen LogP contribution in [0.4, 0.5) is 34.1 Å². The van der Waals surface area contributed by atoms with Crippen molar-refractivity contribution in [3.05, 3.63) is 282 Å². The Morgan fingerprint density at radius 1 is 0.277 bits per heavy atom. The molecule has 2 aromatic heterocycles. The highest BCUT2D eigenvalue weighted by atomic mass is 15.2. The molecule has 101 heavy (non-hydrogen) atoms. The first-order valence-electron chi connectivity index (χ1n) is 37.0. The normalized spacial score (nSPS) is 16.3. The van der Waals surface area contributed by atoms with Crippen molar-refractivity contribution in [1.29, 1.82) is 0 Å². The molecule has 0 atom stereocenters. The molecule has 12 aromatic carbocycles. The average Bonchev–Trinajstić information content (AvgIpc) is 1.24. The second kappa shape index (κ2) is 22.2. The van der Waals surface area contributed by atoms with Crippen molar-refractivity contribution < 1.29 is 0 Å². The van der Waals surface area contributed by atoms with Gasteiger partial charge in [0.25, 0.3) is 6.71 Å². The van der Waals surface area contributed by atoms with Gasteiger partial charge in [0.05, 0.1) is 27.8 Å². The Balaban J connectivity index is 0.924. The molecular formula is C96H91BN4. The minimum absolute atomic E-state index is 0.0618. The van der Waals surface area contributed by atoms with Crippen LogP contribution < -0.4 is 26.2 Å². The van der Waals surface area contributed by atoms with Crippen LogP contribution in [0.5, 0.6) is 0 Å². The van der Waals surface area contributed by atoms with Crippen molar-refractivity contribution >= 4 is 101 Å². The van der Waals surface area contributed by atoms with Gasteiger partial charge in [0.1, 0.15) is 0 Å². The minimum atomic E-state index is -0.172. The summed E-state index contributed by atoms with van der Waals surface area (Å²) in [6.45, 7) is 33.4. The van der Waals surface area contributed by atoms with Crippen LogP contribution in [-0.2, 0) is 32.5 Å². The van der Waals surface area contributed by atoms with Crippen LogP contribution in [0.25, 0.3) is 88.4 Å². The second-order valence-electron chi connectivity index (χ2n) is 34.7. The van der Waals surface area contributed by atoms with Gasteiger partial charge in [-0.3, -0.25) is 0 Å². The van der Waals surface area contributed by atoms with E-state index in [0.29, 0.717) is 0 Å². The molecule has 14 aromatic rings. The van der Waals surface area contributed by atoms with E-state index in [1.54, 1.807) is 0 Å². The van der Waals surface area contributed by atoms with Crippen LogP contribution in [0.15, 0.2) is 249 Å². The average molecular weight is 1310 g/mol. The number of hydrogen-bond donors (Lipinski definition) is 0. The molecule has 18 rings (SSSR count). The Labute approximate surface area is 598 Å². The summed E-state index contributed by atoms with van der Waals surface area (Å²) in [5, 5.41) is 4.96. The predicted octanol–water partition coefficient (Wildman–Crippen LogP) is 24.3. The SMILES string of the molecule is CC(C)(C)c1cc(-c2ccc3c(c2)B2c4ccc(-n5c6ccccc6c6ccccc65)cc4N(c4ccc(-c5ccc6c(c5)C(C)(C)CCC6(C)C)cc4)c4cc(-n5c6ccccc6c6ccccc65)cc(c42)N3c2ccc(-c3ccc4c(c3)C(C)(C)CCC4(C)C)cc2)cc(C(C)(C)C)c1. The summed E-state index contributed by atoms with van der Waals surface area (Å²) in [4.78, 5) is 5.26. The molecule has 0 radical (unpaired) electrons. The van der Waals surface area contributed by atoms with Crippen LogP contribution in [0.2, 0.25) is 0 Å². The third-order valence-corrected chi connectivity index (χ3v) is 24.3. The van der Waals surface area contributed by atoms with Crippen molar-refractivity contribution in [2.75, 3.05) is 9.80 Å². The van der Waals surface area contributed by atoms with E-state index in [-0.39, 0.29) is 39.2 Å². The monoisotopic (exact) mass is 1310 g/mol. The molecule has 4 heterocycles. The van der Waals surface area contributed by atoms with E-state index >= 15 is 0 Å². The lowest BCUT2D eigenvalue weighted by atomic mass is 9.33. The van der Waals surface area contributed by atoms with Gasteiger partial charge in [-0.25, -0.2) is 0 Å². The van der Waals surface area contributed by atoms with E-state index in [2.05, 4.69) is 365 Å². The maximum atomic E-state index is 2.64. The molecule has 0 unspecified atom stereocenters. The van der Waals surface area contributed by atoms with Crippen molar-refractivity contribution in [2.24, 2.45) is 0 Å². The highest BCUT2D eigenvalue weighted by Gasteiger charge is 2.45. The third-order valence-electron chi connectivity index (χ3n) is 24.3. The lowest BCUT2D eigenvalue weighted by Gasteiger charge is -2.45. The van der Waals surface area contributed by atoms with Gasteiger partial charge in [0.2, 0.25) is 0 Å². The quantitative estimate of drug-likeness (QED) is 0.148. The van der Waals surface area contributed by atoms with Crippen LogP contribution in [-0.4, -0.2) is 15.8 Å². The second-order valence-corrected chi connectivity index (χ2v) is 34.7. The van der Waals surface area contributed by atoms with Crippen LogP contribution >= 0.6 is 0 Å². The molecule has 4 aliphatic rings. The number of rotatable bonds is 7. The Bertz CT molecular complexity index is 5610. The van der Waals surface area contributed by atoms with Gasteiger partial charge in [-0.15, -0.1) is 0 Å². The van der Waals surface area contributed by atoms with Gasteiger partial charge in [-0.2, -0.15) is 0 Å². The van der Waals surface area contributed by atoms with Gasteiger partial charge in [0, 0.05) is 61.4 Å². The fraction of sp³-hybridized carbons (Fsp3) is 0.250. The number of anilines is 6. The first kappa shape index (κ1) is 63.1. The molecule has 0 spiro atoms. The summed E-state index contributed by atoms with van der Waals surface area (Å²) in [7, 11) is 0. The van der Waals surface area contributed by atoms with E-state index in [9.17, 15) is 0 Å². The van der Waals surface area contributed by atoms with Crippen LogP contribution in [0.3, 0.4) is 0 Å². The number of benzene rings is 12. The van der Waals surface area contributed by atoms with E-state index in [4.69, 9.17) is 0 Å². The molecule has 4 nitrogen and oxygen atoms in total. The number of hydrogen-bond acceptors (Lipinski definition) is 2. The maximum Gasteiger partial charge on any atom is 0.252 e. The summed E-state index contributed by atoms with van der Waals surface area (Å²) < 4.78 is 5.04. The summed E-state index contributed by atoms with van der Waals surface area (Å²) in [5.74, 6) is 0. The Kier molecular flexibility index (Phi) is 13.9. The topological polar surface area (TPSA) is 16.3 Å². The number of para-hydroxylation sites is 4. The molecule has 0 bridgehead atoms. The van der Waals surface area contributed by atoms with E-state index in [1.165, 1.54) is 164 Å². The number of aromatic nitrogens is 2. The zero-order valence-corrected chi connectivity index (χ0v) is 61.4. The molecule has 2 aliphatic heterocycles. The molecule has 5 heteroatoms. The Morgan fingerprint density at radius 3 is 1.07 bits per heavy atom. The van der Waals surface area contributed by atoms with Crippen LogP contribution in [0, 0.1) is 0 Å². The molecule has 2 aliphatic carbocycles. The standard InChI is InChI=1S/C96H91BN4/c1-91(2,3)66-51-65(52-67(56-66)92(4,5)6)64-37-46-86-81(55-64)97-80-45-42-70(100-82-27-19-15-23-72(82)73-24-16-20-28-83(73)100)57-87(80)99(69-40-33-61(34-41-69)63-36-44-77-79(54-63)96(13,14)50-48-94(77,9)10)89-59-71(101-84-29-21-17-25-74(84)75-26-18-22-30-85(75)101)58-88(90(89)97)98(86)68-38-31-60(32-39-68)62-35-43-76-78(53-62)95(11,12)49-47-93(76,7)8/h15-46,51-59H,47-50H2,1-14H3. The molecule has 0 saturated heterocycles. The summed E-state index contributed by atoms with van der Waals surface area (Å²) in [5.41, 5.74) is 34.0. The number of nitrogens with zero attached hydrogens (tertiary/aromatic N) is 4. The van der Waals surface area contributed by atoms with Gasteiger partial charge < -0.3 is 18.9 Å². The smallest absolute Gasteiger partial charge is 0.252 e. The Hall–Kier alpha value is -10.1. The molecule has 0 amide bonds. The molecule has 498 valence electrons. The van der Waals surface area contributed by atoms with Crippen molar-refractivity contribution in [3.63, 3.8) is 0 Å². The third kappa shape index (κ3) is 9.98. The van der Waals surface area contributed by atoms with Crippen LogP contribution in [0.1, 0.15) is 156 Å². The van der Waals surface area contributed by atoms with E-state index < -0.39 is 0 Å². The maximum absolute atomic E-state index is 2.64. The predicted molar refractivity (Wildman–Crippen MR) is 433 cm³/mol. The first-order chi connectivity index (χ1) is 48.3. The molecule has 0 fully saturated rings. The molecular weight excluding hydrogens is 1220 g/mol. The largest absolute Gasteiger partial charge is 0.311 e. The van der Waals surface area contributed by atoms with Gasteiger partial charge in [-0.05, 0) is 220 Å². The fourth-order valence-electron chi connectivity index (χ4n) is 18.2. The highest BCUT2D eigenvalue weighted by molar-refractivity contribution is 7.00. The zero-order valence-electron chi connectivity index (χ0n) is 61.4. The van der Waals surface area contributed by atoms with E-state index in [0.717, 1.165) is 34.1 Å². The van der Waals surface area contributed by atoms with Crippen molar-refractivity contribution in [3.8, 4) is 44.8 Å². The van der Waals surface area contributed by atoms with Crippen molar-refractivity contribution in [2.45, 2.75) is 155 Å². The minimum Gasteiger partial charge on any atom is -0.311 e. The summed E-state index contributed by atoms with van der Waals surface area (Å²) >= 11 is 0. The van der Waals surface area contributed by atoms with Gasteiger partial charge >= 0.3 is 0 Å².